The standard InChI is InChI=1S/C22H26N2O4S/c1-22(2,3)17-8-6-16(7-9-17)20(25)24-15-29-14-19(24)21(26)28-12-11-27-18-5-4-10-23-13-18/h4-10,13,19H,11-12,14-15H2,1-3H3. The van der Waals surface area contributed by atoms with Crippen molar-refractivity contribution in [3.8, 4) is 5.75 Å². The molecule has 0 saturated carbocycles. The summed E-state index contributed by atoms with van der Waals surface area (Å²) < 4.78 is 10.8. The molecule has 1 aromatic heterocycles. The highest BCUT2D eigenvalue weighted by Crippen LogP contribution is 2.26. The molecule has 2 aromatic rings. The molecule has 6 nitrogen and oxygen atoms in total. The van der Waals surface area contributed by atoms with Crippen LogP contribution in [0.25, 0.3) is 0 Å². The number of pyridine rings is 1. The maximum absolute atomic E-state index is 12.9. The molecule has 1 saturated heterocycles. The van der Waals surface area contributed by atoms with Crippen molar-refractivity contribution in [1.29, 1.82) is 0 Å². The SMILES string of the molecule is CC(C)(C)c1ccc(C(=O)N2CSCC2C(=O)OCCOc2cccnc2)cc1. The van der Waals surface area contributed by atoms with E-state index in [1.54, 1.807) is 41.2 Å². The number of benzene rings is 1. The Bertz CT molecular complexity index is 834. The van der Waals surface area contributed by atoms with Gasteiger partial charge in [0.2, 0.25) is 0 Å². The maximum atomic E-state index is 12.9. The Morgan fingerprint density at radius 1 is 1.17 bits per heavy atom. The number of nitrogens with zero attached hydrogens (tertiary/aromatic N) is 2. The second-order valence-corrected chi connectivity index (χ2v) is 8.82. The highest BCUT2D eigenvalue weighted by Gasteiger charge is 2.36. The fraction of sp³-hybridized carbons (Fsp3) is 0.409. The molecule has 154 valence electrons. The van der Waals surface area contributed by atoms with Crippen LogP contribution in [0.5, 0.6) is 5.75 Å². The molecule has 1 aliphatic heterocycles. The van der Waals surface area contributed by atoms with Gasteiger partial charge >= 0.3 is 5.97 Å². The lowest BCUT2D eigenvalue weighted by molar-refractivity contribution is -0.148. The maximum Gasteiger partial charge on any atom is 0.329 e. The molecular formula is C22H26N2O4S. The van der Waals surface area contributed by atoms with Crippen LogP contribution in [0.1, 0.15) is 36.7 Å². The average Bonchev–Trinajstić information content (AvgIpc) is 3.21. The van der Waals surface area contributed by atoms with Gasteiger partial charge in [0.1, 0.15) is 25.0 Å². The Morgan fingerprint density at radius 2 is 1.93 bits per heavy atom. The summed E-state index contributed by atoms with van der Waals surface area (Å²) in [5.74, 6) is 1.09. The van der Waals surface area contributed by atoms with E-state index in [4.69, 9.17) is 9.47 Å². The second-order valence-electron chi connectivity index (χ2n) is 7.82. The van der Waals surface area contributed by atoms with E-state index >= 15 is 0 Å². The number of hydrogen-bond acceptors (Lipinski definition) is 6. The van der Waals surface area contributed by atoms with Crippen LogP contribution in [0.15, 0.2) is 48.8 Å². The topological polar surface area (TPSA) is 68.7 Å². The van der Waals surface area contributed by atoms with E-state index in [9.17, 15) is 9.59 Å². The minimum absolute atomic E-state index is 0.0231. The quantitative estimate of drug-likeness (QED) is 0.532. The van der Waals surface area contributed by atoms with E-state index in [2.05, 4.69) is 25.8 Å². The zero-order valence-electron chi connectivity index (χ0n) is 17.0. The molecule has 1 fully saturated rings. The van der Waals surface area contributed by atoms with Crippen LogP contribution in [0.4, 0.5) is 0 Å². The van der Waals surface area contributed by atoms with E-state index < -0.39 is 12.0 Å². The normalized spacial score (nSPS) is 16.5. The molecule has 3 rings (SSSR count). The van der Waals surface area contributed by atoms with Crippen LogP contribution < -0.4 is 4.74 Å². The number of rotatable bonds is 6. The smallest absolute Gasteiger partial charge is 0.329 e. The van der Waals surface area contributed by atoms with Gasteiger partial charge < -0.3 is 14.4 Å². The molecule has 0 bridgehead atoms. The minimum Gasteiger partial charge on any atom is -0.488 e. The Hall–Kier alpha value is -2.54. The first-order chi connectivity index (χ1) is 13.9. The number of carbonyl (C=O) groups excluding carboxylic acids is 2. The molecule has 1 unspecified atom stereocenters. The Balaban J connectivity index is 1.54. The molecule has 2 heterocycles. The van der Waals surface area contributed by atoms with Gasteiger partial charge in [0.25, 0.3) is 5.91 Å². The molecule has 0 spiro atoms. The van der Waals surface area contributed by atoms with Gasteiger partial charge in [-0.2, -0.15) is 0 Å². The predicted molar refractivity (Wildman–Crippen MR) is 113 cm³/mol. The fourth-order valence-electron chi connectivity index (χ4n) is 2.95. The summed E-state index contributed by atoms with van der Waals surface area (Å²) in [4.78, 5) is 30.9. The number of esters is 1. The average molecular weight is 415 g/mol. The predicted octanol–water partition coefficient (Wildman–Crippen LogP) is 3.52. The molecule has 1 aliphatic rings. The lowest BCUT2D eigenvalue weighted by Crippen LogP contribution is -2.43. The molecule has 1 aromatic carbocycles. The van der Waals surface area contributed by atoms with Crippen LogP contribution in [0, 0.1) is 0 Å². The summed E-state index contributed by atoms with van der Waals surface area (Å²) in [6, 6.07) is 10.6. The third-order valence-corrected chi connectivity index (χ3v) is 5.66. The number of ether oxygens (including phenoxy) is 2. The monoisotopic (exact) mass is 414 g/mol. The number of amides is 1. The Morgan fingerprint density at radius 3 is 2.59 bits per heavy atom. The first kappa shape index (κ1) is 21.2. The highest BCUT2D eigenvalue weighted by atomic mass is 32.2. The molecule has 1 amide bonds. The first-order valence-corrected chi connectivity index (χ1v) is 10.7. The van der Waals surface area contributed by atoms with Crippen LogP contribution in [-0.4, -0.2) is 52.6 Å². The van der Waals surface area contributed by atoms with E-state index in [1.807, 2.05) is 24.3 Å². The molecule has 0 radical (unpaired) electrons. The molecule has 0 aliphatic carbocycles. The number of thioether (sulfide) groups is 1. The molecule has 1 atom stereocenters. The summed E-state index contributed by atoms with van der Waals surface area (Å²) in [7, 11) is 0. The molecule has 7 heteroatoms. The van der Waals surface area contributed by atoms with Crippen molar-refractivity contribution in [3.05, 3.63) is 59.9 Å². The summed E-state index contributed by atoms with van der Waals surface area (Å²) in [6.07, 6.45) is 3.26. The number of carbonyl (C=O) groups is 2. The van der Waals surface area contributed by atoms with Gasteiger partial charge in [-0.1, -0.05) is 32.9 Å². The van der Waals surface area contributed by atoms with Crippen molar-refractivity contribution in [1.82, 2.24) is 9.88 Å². The summed E-state index contributed by atoms with van der Waals surface area (Å²) in [5, 5.41) is 0. The van der Waals surface area contributed by atoms with Gasteiger partial charge in [-0.3, -0.25) is 9.78 Å². The number of aromatic nitrogens is 1. The second kappa shape index (κ2) is 9.31. The highest BCUT2D eigenvalue weighted by molar-refractivity contribution is 7.99. The third-order valence-electron chi connectivity index (χ3n) is 4.64. The van der Waals surface area contributed by atoms with E-state index in [-0.39, 0.29) is 24.5 Å². The zero-order valence-corrected chi connectivity index (χ0v) is 17.8. The fourth-order valence-corrected chi connectivity index (χ4v) is 4.09. The summed E-state index contributed by atoms with van der Waals surface area (Å²) in [6.45, 7) is 6.75. The van der Waals surface area contributed by atoms with Gasteiger partial charge in [0.05, 0.1) is 12.1 Å². The van der Waals surface area contributed by atoms with Gasteiger partial charge in [-0.15, -0.1) is 11.8 Å². The third kappa shape index (κ3) is 5.50. The lowest BCUT2D eigenvalue weighted by Gasteiger charge is -2.23. The van der Waals surface area contributed by atoms with Crippen LogP contribution >= 0.6 is 11.8 Å². The van der Waals surface area contributed by atoms with Crippen molar-refractivity contribution >= 4 is 23.6 Å². The molecular weight excluding hydrogens is 388 g/mol. The Labute approximate surface area is 175 Å². The molecule has 0 N–H and O–H groups in total. The summed E-state index contributed by atoms with van der Waals surface area (Å²) in [5.41, 5.74) is 1.77. The van der Waals surface area contributed by atoms with Gasteiger partial charge in [0.15, 0.2) is 0 Å². The van der Waals surface area contributed by atoms with Crippen LogP contribution in [-0.2, 0) is 14.9 Å². The summed E-state index contributed by atoms with van der Waals surface area (Å²) >= 11 is 1.55. The molecule has 29 heavy (non-hydrogen) atoms. The largest absolute Gasteiger partial charge is 0.488 e. The van der Waals surface area contributed by atoms with Crippen LogP contribution in [0.2, 0.25) is 0 Å². The van der Waals surface area contributed by atoms with E-state index in [0.717, 1.165) is 5.56 Å². The lowest BCUT2D eigenvalue weighted by atomic mass is 9.86. The van der Waals surface area contributed by atoms with Crippen molar-refractivity contribution in [3.63, 3.8) is 0 Å². The van der Waals surface area contributed by atoms with Gasteiger partial charge in [-0.05, 0) is 35.2 Å². The number of hydrogen-bond donors (Lipinski definition) is 0. The van der Waals surface area contributed by atoms with E-state index in [1.165, 1.54) is 0 Å². The van der Waals surface area contributed by atoms with Crippen molar-refractivity contribution in [2.75, 3.05) is 24.8 Å². The zero-order chi connectivity index (χ0) is 20.9. The first-order valence-electron chi connectivity index (χ1n) is 9.55. The van der Waals surface area contributed by atoms with E-state index in [0.29, 0.717) is 22.9 Å². The van der Waals surface area contributed by atoms with Crippen LogP contribution in [0.3, 0.4) is 0 Å². The van der Waals surface area contributed by atoms with Crippen molar-refractivity contribution in [2.24, 2.45) is 0 Å². The van der Waals surface area contributed by atoms with Crippen molar-refractivity contribution < 1.29 is 19.1 Å². The minimum atomic E-state index is -0.576. The Kier molecular flexibility index (Phi) is 6.79. The van der Waals surface area contributed by atoms with Gasteiger partial charge in [0, 0.05) is 17.5 Å². The van der Waals surface area contributed by atoms with Crippen molar-refractivity contribution in [2.45, 2.75) is 32.2 Å². The van der Waals surface area contributed by atoms with Gasteiger partial charge in [-0.25, -0.2) is 4.79 Å².